The van der Waals surface area contributed by atoms with Gasteiger partial charge in [0, 0.05) is 50.7 Å². The molecular formula is C25H35N5O3. The number of likely N-dealkylation sites (tertiary alicyclic amines) is 2. The number of methoxy groups -OCH3 is 1. The second-order valence-electron chi connectivity index (χ2n) is 10.2. The predicted octanol–water partition coefficient (Wildman–Crippen LogP) is 3.00. The van der Waals surface area contributed by atoms with E-state index in [-0.39, 0.29) is 18.0 Å². The van der Waals surface area contributed by atoms with Gasteiger partial charge in [-0.2, -0.15) is 5.10 Å². The number of hydrogen-bond acceptors (Lipinski definition) is 5. The molecule has 2 amide bonds. The standard InChI is InChI=1S/C25H35N5O3/c1-16(2)30-22-7-5-4-6-18(22)23(27-30)24(31)26-12-19-20-14-28(15-21(19)20)13-17-8-10-29(11-9-17)25(32)33-3/h4-7,16-17,19-21H,8-15H2,1-3H3,(H,26,31). The summed E-state index contributed by atoms with van der Waals surface area (Å²) in [7, 11) is 1.45. The van der Waals surface area contributed by atoms with Gasteiger partial charge < -0.3 is 19.9 Å². The molecule has 1 aromatic heterocycles. The van der Waals surface area contributed by atoms with Gasteiger partial charge in [-0.05, 0) is 56.4 Å². The first-order valence-corrected chi connectivity index (χ1v) is 12.3. The third kappa shape index (κ3) is 4.33. The summed E-state index contributed by atoms with van der Waals surface area (Å²) in [6.45, 7) is 9.89. The third-order valence-electron chi connectivity index (χ3n) is 7.83. The summed E-state index contributed by atoms with van der Waals surface area (Å²) in [6.07, 6.45) is 1.90. The van der Waals surface area contributed by atoms with Gasteiger partial charge in [0.1, 0.15) is 0 Å². The van der Waals surface area contributed by atoms with E-state index in [4.69, 9.17) is 4.74 Å². The Morgan fingerprint density at radius 3 is 2.52 bits per heavy atom. The maximum atomic E-state index is 12.9. The smallest absolute Gasteiger partial charge is 0.409 e. The lowest BCUT2D eigenvalue weighted by atomic mass is 9.96. The number of carbonyl (C=O) groups excluding carboxylic acids is 2. The molecule has 8 nitrogen and oxygen atoms in total. The van der Waals surface area contributed by atoms with Gasteiger partial charge in [0.25, 0.3) is 5.91 Å². The van der Waals surface area contributed by atoms with Gasteiger partial charge in [0.05, 0.1) is 12.6 Å². The van der Waals surface area contributed by atoms with Gasteiger partial charge in [-0.15, -0.1) is 0 Å². The molecule has 0 spiro atoms. The Hall–Kier alpha value is -2.61. The fraction of sp³-hybridized carbons (Fsp3) is 0.640. The average Bonchev–Trinajstić information content (AvgIpc) is 3.14. The van der Waals surface area contributed by atoms with Crippen LogP contribution in [0.15, 0.2) is 24.3 Å². The number of carbonyl (C=O) groups is 2. The Bertz CT molecular complexity index is 1010. The molecule has 8 heteroatoms. The van der Waals surface area contributed by atoms with E-state index in [1.54, 1.807) is 0 Å². The molecule has 0 radical (unpaired) electrons. The minimum Gasteiger partial charge on any atom is -0.453 e. The quantitative estimate of drug-likeness (QED) is 0.727. The van der Waals surface area contributed by atoms with Crippen LogP contribution in [0.25, 0.3) is 10.9 Å². The summed E-state index contributed by atoms with van der Waals surface area (Å²) in [5.41, 5.74) is 1.54. The van der Waals surface area contributed by atoms with Crippen LogP contribution >= 0.6 is 0 Å². The van der Waals surface area contributed by atoms with Crippen LogP contribution in [0.4, 0.5) is 4.79 Å². The zero-order valence-corrected chi connectivity index (χ0v) is 19.9. The van der Waals surface area contributed by atoms with Crippen LogP contribution in [-0.4, -0.2) is 78.0 Å². The SMILES string of the molecule is COC(=O)N1CCC(CN2CC3C(CNC(=O)c4nn(C(C)C)c5ccccc45)C3C2)CC1. The van der Waals surface area contributed by atoms with Crippen molar-refractivity contribution in [3.05, 3.63) is 30.0 Å². The Morgan fingerprint density at radius 2 is 1.85 bits per heavy atom. The van der Waals surface area contributed by atoms with Crippen molar-refractivity contribution in [2.75, 3.05) is 46.4 Å². The number of fused-ring (bicyclic) bond motifs is 2. The van der Waals surface area contributed by atoms with Gasteiger partial charge in [-0.3, -0.25) is 9.48 Å². The Kier molecular flexibility index (Phi) is 6.03. The highest BCUT2D eigenvalue weighted by molar-refractivity contribution is 6.04. The van der Waals surface area contributed by atoms with E-state index in [1.807, 2.05) is 33.8 Å². The highest BCUT2D eigenvalue weighted by atomic mass is 16.5. The van der Waals surface area contributed by atoms with E-state index in [0.717, 1.165) is 63.0 Å². The molecule has 2 atom stereocenters. The van der Waals surface area contributed by atoms with Gasteiger partial charge in [0.15, 0.2) is 5.69 Å². The number of piperidine rings is 2. The molecule has 178 valence electrons. The lowest BCUT2D eigenvalue weighted by Gasteiger charge is -2.33. The second kappa shape index (κ2) is 8.97. The van der Waals surface area contributed by atoms with E-state index in [9.17, 15) is 9.59 Å². The summed E-state index contributed by atoms with van der Waals surface area (Å²) < 4.78 is 6.77. The number of amides is 2. The van der Waals surface area contributed by atoms with E-state index >= 15 is 0 Å². The largest absolute Gasteiger partial charge is 0.453 e. The average molecular weight is 454 g/mol. The Balaban J connectivity index is 1.08. The molecule has 2 unspecified atom stereocenters. The molecule has 0 bridgehead atoms. The minimum absolute atomic E-state index is 0.0650. The van der Waals surface area contributed by atoms with Gasteiger partial charge in [0.2, 0.25) is 0 Å². The highest BCUT2D eigenvalue weighted by Gasteiger charge is 2.55. The normalized spacial score (nSPS) is 25.5. The van der Waals surface area contributed by atoms with Crippen LogP contribution in [0.5, 0.6) is 0 Å². The number of nitrogens with one attached hydrogen (secondary N) is 1. The summed E-state index contributed by atoms with van der Waals surface area (Å²) in [4.78, 5) is 29.0. The number of aromatic nitrogens is 2. The molecule has 2 aromatic rings. The van der Waals surface area contributed by atoms with Crippen LogP contribution in [-0.2, 0) is 4.74 Å². The maximum Gasteiger partial charge on any atom is 0.409 e. The summed E-state index contributed by atoms with van der Waals surface area (Å²) in [6, 6.07) is 8.17. The van der Waals surface area contributed by atoms with E-state index in [1.165, 1.54) is 7.11 Å². The van der Waals surface area contributed by atoms with Crippen molar-refractivity contribution in [3.8, 4) is 0 Å². The predicted molar refractivity (Wildman–Crippen MR) is 126 cm³/mol. The molecule has 1 aliphatic carbocycles. The second-order valence-corrected chi connectivity index (χ2v) is 10.2. The van der Waals surface area contributed by atoms with Crippen molar-refractivity contribution in [1.82, 2.24) is 24.9 Å². The molecule has 3 fully saturated rings. The van der Waals surface area contributed by atoms with Crippen molar-refractivity contribution in [2.45, 2.75) is 32.7 Å². The zero-order chi connectivity index (χ0) is 23.1. The lowest BCUT2D eigenvalue weighted by Crippen LogP contribution is -2.41. The lowest BCUT2D eigenvalue weighted by molar-refractivity contribution is 0.0943. The van der Waals surface area contributed by atoms with Gasteiger partial charge in [-0.1, -0.05) is 18.2 Å². The summed E-state index contributed by atoms with van der Waals surface area (Å²) >= 11 is 0. The van der Waals surface area contributed by atoms with Crippen molar-refractivity contribution in [2.24, 2.45) is 23.7 Å². The maximum absolute atomic E-state index is 12.9. The molecule has 1 aromatic carbocycles. The number of hydrogen-bond donors (Lipinski definition) is 1. The zero-order valence-electron chi connectivity index (χ0n) is 19.9. The van der Waals surface area contributed by atoms with Crippen LogP contribution < -0.4 is 5.32 Å². The van der Waals surface area contributed by atoms with Crippen molar-refractivity contribution in [1.29, 1.82) is 0 Å². The number of ether oxygens (including phenoxy) is 1. The first-order chi connectivity index (χ1) is 16.0. The Labute approximate surface area is 195 Å². The molecule has 2 saturated heterocycles. The summed E-state index contributed by atoms with van der Waals surface area (Å²) in [5.74, 6) is 2.58. The first kappa shape index (κ1) is 22.2. The topological polar surface area (TPSA) is 79.7 Å². The Morgan fingerprint density at radius 1 is 1.15 bits per heavy atom. The van der Waals surface area contributed by atoms with Crippen LogP contribution in [0.2, 0.25) is 0 Å². The van der Waals surface area contributed by atoms with Crippen LogP contribution in [0.1, 0.15) is 43.2 Å². The summed E-state index contributed by atoms with van der Waals surface area (Å²) in [5, 5.41) is 8.71. The van der Waals surface area contributed by atoms with Gasteiger partial charge >= 0.3 is 6.09 Å². The van der Waals surface area contributed by atoms with Crippen LogP contribution in [0.3, 0.4) is 0 Å². The molecule has 2 aliphatic heterocycles. The first-order valence-electron chi connectivity index (χ1n) is 12.3. The van der Waals surface area contributed by atoms with Crippen molar-refractivity contribution >= 4 is 22.9 Å². The molecule has 5 rings (SSSR count). The molecule has 33 heavy (non-hydrogen) atoms. The molecule has 1 N–H and O–H groups in total. The highest BCUT2D eigenvalue weighted by Crippen LogP contribution is 2.51. The minimum atomic E-state index is -0.204. The number of benzene rings is 1. The number of para-hydroxylation sites is 1. The monoisotopic (exact) mass is 453 g/mol. The molecule has 3 aliphatic rings. The van der Waals surface area contributed by atoms with E-state index in [2.05, 4.69) is 29.2 Å². The fourth-order valence-electron chi connectivity index (χ4n) is 5.93. The number of nitrogens with zero attached hydrogens (tertiary/aromatic N) is 4. The fourth-order valence-corrected chi connectivity index (χ4v) is 5.93. The molecular weight excluding hydrogens is 418 g/mol. The third-order valence-corrected chi connectivity index (χ3v) is 7.83. The van der Waals surface area contributed by atoms with Crippen molar-refractivity contribution in [3.63, 3.8) is 0 Å². The van der Waals surface area contributed by atoms with Crippen LogP contribution in [0, 0.1) is 23.7 Å². The molecule has 3 heterocycles. The number of rotatable bonds is 6. The van der Waals surface area contributed by atoms with Gasteiger partial charge in [-0.25, -0.2) is 4.79 Å². The van der Waals surface area contributed by atoms with E-state index in [0.29, 0.717) is 29.4 Å². The van der Waals surface area contributed by atoms with Crippen molar-refractivity contribution < 1.29 is 14.3 Å². The van der Waals surface area contributed by atoms with E-state index < -0.39 is 0 Å². The molecule has 1 saturated carbocycles.